The molecule has 0 saturated carbocycles. The Bertz CT molecular complexity index is 172. The van der Waals surface area contributed by atoms with Crippen molar-refractivity contribution in [3.05, 3.63) is 0 Å². The van der Waals surface area contributed by atoms with Crippen LogP contribution in [0.2, 0.25) is 0 Å². The number of carbonyl (C=O) groups excluding carboxylic acids is 1. The van der Waals surface area contributed by atoms with Crippen LogP contribution in [-0.2, 0) is 9.59 Å². The number of nitrogens with zero attached hydrogens (tertiary/aromatic N) is 1. The molecule has 0 aliphatic carbocycles. The molecule has 0 aromatic rings. The van der Waals surface area contributed by atoms with E-state index in [1.165, 1.54) is 21.1 Å². The van der Waals surface area contributed by atoms with E-state index in [0.717, 1.165) is 0 Å². The normalized spacial score (nSPS) is 12.9. The first-order valence-electron chi connectivity index (χ1n) is 3.01. The van der Waals surface area contributed by atoms with Gasteiger partial charge in [-0.1, -0.05) is 0 Å². The van der Waals surface area contributed by atoms with Crippen LogP contribution in [0.25, 0.3) is 0 Å². The van der Waals surface area contributed by atoms with Crippen LogP contribution in [0.15, 0.2) is 0 Å². The lowest BCUT2D eigenvalue weighted by atomic mass is 10.2. The lowest BCUT2D eigenvalue weighted by Crippen LogP contribution is -2.58. The van der Waals surface area contributed by atoms with Crippen LogP contribution in [-0.4, -0.2) is 59.7 Å². The summed E-state index contributed by atoms with van der Waals surface area (Å²) >= 11 is 0. The number of carboxylic acids is 2. The third-order valence-corrected chi connectivity index (χ3v) is 1.23. The minimum atomic E-state index is -1.56. The molecule has 0 amide bonds. The highest BCUT2D eigenvalue weighted by molar-refractivity contribution is 5.94. The molecule has 72 valence electrons. The maximum Gasteiger partial charge on any atom is 0.368 e. The molecule has 0 radical (unpaired) electrons. The maximum absolute atomic E-state index is 10.4. The summed E-state index contributed by atoms with van der Waals surface area (Å²) in [6.07, 6.45) is 0. The molecule has 0 heterocycles. The van der Waals surface area contributed by atoms with Crippen molar-refractivity contribution in [2.45, 2.75) is 6.04 Å². The first-order valence-corrected chi connectivity index (χ1v) is 3.01. The lowest BCUT2D eigenvalue weighted by Gasteiger charge is -2.31. The number of hydrogen-bond acceptors (Lipinski definition) is 3. The molecule has 0 fully saturated rings. The minimum absolute atomic E-state index is 0. The highest BCUT2D eigenvalue weighted by atomic mass is 28.1. The Morgan fingerprint density at radius 3 is 1.67 bits per heavy atom. The van der Waals surface area contributed by atoms with Gasteiger partial charge in [0.15, 0.2) is 0 Å². The van der Waals surface area contributed by atoms with Crippen molar-refractivity contribution in [2.24, 2.45) is 0 Å². The molecule has 0 bridgehead atoms. The smallest absolute Gasteiger partial charge is 0.368 e. The highest BCUT2D eigenvalue weighted by Crippen LogP contribution is 2.01. The molecule has 0 aliphatic rings. The molecule has 1 unspecified atom stereocenters. The van der Waals surface area contributed by atoms with E-state index in [4.69, 9.17) is 5.11 Å². The average Bonchev–Trinajstić information content (AvgIpc) is 1.54. The monoisotopic (exact) mass is 193 g/mol. The van der Waals surface area contributed by atoms with Gasteiger partial charge in [0.05, 0.1) is 21.1 Å². The molecule has 0 aromatic carbocycles. The van der Waals surface area contributed by atoms with Crippen LogP contribution >= 0.6 is 0 Å². The Kier molecular flexibility index (Phi) is 4.81. The Labute approximate surface area is 75.2 Å². The van der Waals surface area contributed by atoms with Crippen LogP contribution in [0, 0.1) is 0 Å². The summed E-state index contributed by atoms with van der Waals surface area (Å²) in [4.78, 5) is 20.6. The summed E-state index contributed by atoms with van der Waals surface area (Å²) in [5.41, 5.74) is 0. The van der Waals surface area contributed by atoms with E-state index in [2.05, 4.69) is 0 Å². The van der Waals surface area contributed by atoms with Gasteiger partial charge in [0.25, 0.3) is 0 Å². The standard InChI is InChI=1S/C6H11NO4.H4Si/c1-7(2,3)4(5(8)9)6(10)11;/h4H,1-3H3,(H-,8,9,10,11);1H4. The zero-order valence-electron chi connectivity index (χ0n) is 6.70. The van der Waals surface area contributed by atoms with E-state index in [0.29, 0.717) is 0 Å². The van der Waals surface area contributed by atoms with E-state index in [-0.39, 0.29) is 15.4 Å². The Hall–Kier alpha value is -0.883. The predicted octanol–water partition coefficient (Wildman–Crippen LogP) is -3.56. The third-order valence-electron chi connectivity index (χ3n) is 1.23. The van der Waals surface area contributed by atoms with Crippen molar-refractivity contribution in [1.29, 1.82) is 0 Å². The van der Waals surface area contributed by atoms with Gasteiger partial charge in [0, 0.05) is 0 Å². The summed E-state index contributed by atoms with van der Waals surface area (Å²) in [5.74, 6) is -2.94. The van der Waals surface area contributed by atoms with Gasteiger partial charge < -0.3 is 19.5 Å². The minimum Gasteiger partial charge on any atom is -0.543 e. The Morgan fingerprint density at radius 2 is 1.67 bits per heavy atom. The topological polar surface area (TPSA) is 77.4 Å². The fourth-order valence-corrected chi connectivity index (χ4v) is 0.748. The molecule has 0 rings (SSSR count). The van der Waals surface area contributed by atoms with Crippen molar-refractivity contribution in [3.8, 4) is 0 Å². The largest absolute Gasteiger partial charge is 0.543 e. The average molecular weight is 193 g/mol. The van der Waals surface area contributed by atoms with Crippen molar-refractivity contribution in [1.82, 2.24) is 0 Å². The molecule has 0 saturated heterocycles. The van der Waals surface area contributed by atoms with Crippen molar-refractivity contribution < 1.29 is 24.3 Å². The van der Waals surface area contributed by atoms with E-state index < -0.39 is 18.0 Å². The SMILES string of the molecule is C[N+](C)(C)C(C(=O)[O-])C(=O)O.[SiH4]. The first kappa shape index (κ1) is 13.7. The predicted molar refractivity (Wildman–Crippen MR) is 45.8 cm³/mol. The van der Waals surface area contributed by atoms with Crippen LogP contribution in [0.4, 0.5) is 0 Å². The second kappa shape index (κ2) is 4.22. The summed E-state index contributed by atoms with van der Waals surface area (Å²) in [6.45, 7) is 0. The first-order chi connectivity index (χ1) is 4.76. The molecule has 1 atom stereocenters. The van der Waals surface area contributed by atoms with Crippen LogP contribution in [0.5, 0.6) is 0 Å². The van der Waals surface area contributed by atoms with Crippen molar-refractivity contribution >= 4 is 22.9 Å². The van der Waals surface area contributed by atoms with E-state index in [9.17, 15) is 14.7 Å². The molecule has 0 aromatic heterocycles. The summed E-state index contributed by atoms with van der Waals surface area (Å²) < 4.78 is -0.183. The molecule has 12 heavy (non-hydrogen) atoms. The van der Waals surface area contributed by atoms with Gasteiger partial charge in [0.1, 0.15) is 5.97 Å². The number of carboxylic acid groups (broad SMARTS) is 2. The number of quaternary nitrogens is 1. The third kappa shape index (κ3) is 3.49. The van der Waals surface area contributed by atoms with Crippen molar-refractivity contribution in [2.75, 3.05) is 21.1 Å². The van der Waals surface area contributed by atoms with Gasteiger partial charge in [-0.15, -0.1) is 0 Å². The maximum atomic E-state index is 10.4. The lowest BCUT2D eigenvalue weighted by molar-refractivity contribution is -0.880. The van der Waals surface area contributed by atoms with Crippen LogP contribution < -0.4 is 5.11 Å². The van der Waals surface area contributed by atoms with Gasteiger partial charge in [-0.05, 0) is 11.0 Å². The Morgan fingerprint density at radius 1 is 1.33 bits per heavy atom. The second-order valence-corrected chi connectivity index (χ2v) is 3.18. The van der Waals surface area contributed by atoms with Gasteiger partial charge in [0.2, 0.25) is 6.04 Å². The molecule has 1 N–H and O–H groups in total. The fraction of sp³-hybridized carbons (Fsp3) is 0.667. The van der Waals surface area contributed by atoms with Crippen molar-refractivity contribution in [3.63, 3.8) is 0 Å². The van der Waals surface area contributed by atoms with Crippen LogP contribution in [0.3, 0.4) is 0 Å². The quantitative estimate of drug-likeness (QED) is 0.286. The number of likely N-dealkylation sites (N-methyl/N-ethyl adjacent to an activating group) is 1. The summed E-state index contributed by atoms with van der Waals surface area (Å²) in [6, 6.07) is -1.50. The number of carbonyl (C=O) groups is 2. The zero-order chi connectivity index (χ0) is 9.23. The molecule has 0 aliphatic heterocycles. The fourth-order valence-electron chi connectivity index (χ4n) is 0.748. The highest BCUT2D eigenvalue weighted by Gasteiger charge is 2.32. The number of rotatable bonds is 3. The van der Waals surface area contributed by atoms with E-state index >= 15 is 0 Å². The molecular formula is C6H15NO4Si. The number of hydrogen-bond donors (Lipinski definition) is 1. The zero-order valence-corrected chi connectivity index (χ0v) is 6.70. The number of aliphatic carboxylic acids is 2. The molecule has 0 spiro atoms. The molecule has 6 heteroatoms. The van der Waals surface area contributed by atoms with Gasteiger partial charge in [-0.2, -0.15) is 0 Å². The van der Waals surface area contributed by atoms with E-state index in [1.807, 2.05) is 0 Å². The molecule has 5 nitrogen and oxygen atoms in total. The van der Waals surface area contributed by atoms with Gasteiger partial charge in [-0.3, -0.25) is 0 Å². The second-order valence-electron chi connectivity index (χ2n) is 3.18. The van der Waals surface area contributed by atoms with Crippen LogP contribution in [0.1, 0.15) is 0 Å². The van der Waals surface area contributed by atoms with E-state index in [1.54, 1.807) is 0 Å². The summed E-state index contributed by atoms with van der Waals surface area (Å²) in [5, 5.41) is 18.7. The molecular weight excluding hydrogens is 178 g/mol. The van der Waals surface area contributed by atoms with Gasteiger partial charge in [-0.25, -0.2) is 4.79 Å². The Balaban J connectivity index is 0. The van der Waals surface area contributed by atoms with Gasteiger partial charge >= 0.3 is 5.97 Å². The summed E-state index contributed by atoms with van der Waals surface area (Å²) in [7, 11) is 4.44.